The maximum Gasteiger partial charge on any atom is 0.243 e. The zero-order valence-electron chi connectivity index (χ0n) is 13.1. The summed E-state index contributed by atoms with van der Waals surface area (Å²) in [5, 5.41) is 3.13. The molecule has 1 N–H and O–H groups in total. The number of likely N-dealkylation sites (N-methyl/N-ethyl adjacent to an activating group) is 1. The van der Waals surface area contributed by atoms with Crippen LogP contribution >= 0.6 is 11.6 Å². The van der Waals surface area contributed by atoms with Crippen molar-refractivity contribution in [2.45, 2.75) is 11.8 Å². The zero-order chi connectivity index (χ0) is 17.9. The van der Waals surface area contributed by atoms with Gasteiger partial charge in [-0.05, 0) is 48.9 Å². The van der Waals surface area contributed by atoms with Gasteiger partial charge in [0.2, 0.25) is 15.9 Å². The lowest BCUT2D eigenvalue weighted by molar-refractivity contribution is -0.116. The molecule has 0 aromatic heterocycles. The van der Waals surface area contributed by atoms with E-state index in [0.717, 1.165) is 28.6 Å². The molecule has 2 aromatic carbocycles. The number of nitrogens with one attached hydrogen (secondary N) is 1. The van der Waals surface area contributed by atoms with Crippen molar-refractivity contribution in [3.63, 3.8) is 0 Å². The van der Waals surface area contributed by atoms with Crippen molar-refractivity contribution in [2.24, 2.45) is 0 Å². The molecule has 24 heavy (non-hydrogen) atoms. The number of halogens is 2. The molecule has 0 unspecified atom stereocenters. The smallest absolute Gasteiger partial charge is 0.243 e. The Labute approximate surface area is 145 Å². The average Bonchev–Trinajstić information content (AvgIpc) is 2.52. The first kappa shape index (κ1) is 18.4. The number of nitrogens with zero attached hydrogens (tertiary/aromatic N) is 1. The van der Waals surface area contributed by atoms with E-state index >= 15 is 0 Å². The van der Waals surface area contributed by atoms with Crippen LogP contribution in [0, 0.1) is 12.7 Å². The van der Waals surface area contributed by atoms with Gasteiger partial charge in [0, 0.05) is 17.8 Å². The minimum Gasteiger partial charge on any atom is -0.325 e. The zero-order valence-corrected chi connectivity index (χ0v) is 14.7. The van der Waals surface area contributed by atoms with E-state index in [1.807, 2.05) is 0 Å². The van der Waals surface area contributed by atoms with E-state index in [4.69, 9.17) is 11.6 Å². The van der Waals surface area contributed by atoms with Crippen LogP contribution in [-0.2, 0) is 14.8 Å². The third-order valence-electron chi connectivity index (χ3n) is 3.43. The van der Waals surface area contributed by atoms with E-state index in [1.54, 1.807) is 25.1 Å². The highest BCUT2D eigenvalue weighted by molar-refractivity contribution is 7.89. The summed E-state index contributed by atoms with van der Waals surface area (Å²) in [6.07, 6.45) is 0. The Morgan fingerprint density at radius 2 is 1.83 bits per heavy atom. The second-order valence-electron chi connectivity index (χ2n) is 5.18. The predicted octanol–water partition coefficient (Wildman–Crippen LogP) is 3.05. The number of sulfonamides is 1. The Balaban J connectivity index is 2.10. The first-order valence-electron chi connectivity index (χ1n) is 6.98. The normalized spacial score (nSPS) is 11.5. The lowest BCUT2D eigenvalue weighted by Gasteiger charge is -2.17. The molecule has 5 nitrogen and oxygen atoms in total. The summed E-state index contributed by atoms with van der Waals surface area (Å²) >= 11 is 5.98. The van der Waals surface area contributed by atoms with E-state index in [2.05, 4.69) is 5.32 Å². The Morgan fingerprint density at radius 3 is 2.46 bits per heavy atom. The highest BCUT2D eigenvalue weighted by Crippen LogP contribution is 2.23. The third kappa shape index (κ3) is 4.11. The molecule has 0 radical (unpaired) electrons. The topological polar surface area (TPSA) is 66.5 Å². The Morgan fingerprint density at radius 1 is 1.21 bits per heavy atom. The molecule has 0 heterocycles. The molecule has 1 amide bonds. The summed E-state index contributed by atoms with van der Waals surface area (Å²) in [5.41, 5.74) is 1.21. The fraction of sp³-hybridized carbons (Fsp3) is 0.188. The van der Waals surface area contributed by atoms with Crippen LogP contribution in [0.25, 0.3) is 0 Å². The van der Waals surface area contributed by atoms with Crippen molar-refractivity contribution >= 4 is 33.2 Å². The van der Waals surface area contributed by atoms with Crippen LogP contribution in [0.2, 0.25) is 5.02 Å². The van der Waals surface area contributed by atoms with Crippen LogP contribution in [0.1, 0.15) is 5.56 Å². The van der Waals surface area contributed by atoms with Crippen LogP contribution < -0.4 is 5.32 Å². The van der Waals surface area contributed by atoms with E-state index in [-0.39, 0.29) is 11.4 Å². The second-order valence-corrected chi connectivity index (χ2v) is 7.63. The molecule has 8 heteroatoms. The summed E-state index contributed by atoms with van der Waals surface area (Å²) in [5.74, 6) is -1.04. The van der Waals surface area contributed by atoms with Gasteiger partial charge in [-0.2, -0.15) is 4.31 Å². The van der Waals surface area contributed by atoms with Gasteiger partial charge in [-0.15, -0.1) is 0 Å². The lowest BCUT2D eigenvalue weighted by atomic mass is 10.2. The molecule has 2 aromatic rings. The van der Waals surface area contributed by atoms with Gasteiger partial charge in [0.05, 0.1) is 11.4 Å². The maximum absolute atomic E-state index is 12.9. The molecule has 0 spiro atoms. The van der Waals surface area contributed by atoms with Crippen molar-refractivity contribution < 1.29 is 17.6 Å². The molecule has 0 aliphatic carbocycles. The number of hydrogen-bond donors (Lipinski definition) is 1. The molecule has 0 bridgehead atoms. The summed E-state index contributed by atoms with van der Waals surface area (Å²) in [4.78, 5) is 12.0. The fourth-order valence-electron chi connectivity index (χ4n) is 2.01. The van der Waals surface area contributed by atoms with Gasteiger partial charge < -0.3 is 5.32 Å². The fourth-order valence-corrected chi connectivity index (χ4v) is 3.31. The highest BCUT2D eigenvalue weighted by atomic mass is 35.5. The van der Waals surface area contributed by atoms with Gasteiger partial charge in [0.15, 0.2) is 0 Å². The monoisotopic (exact) mass is 370 g/mol. The highest BCUT2D eigenvalue weighted by Gasteiger charge is 2.23. The molecule has 0 atom stereocenters. The first-order valence-corrected chi connectivity index (χ1v) is 8.80. The average molecular weight is 371 g/mol. The summed E-state index contributed by atoms with van der Waals surface area (Å²) in [6.45, 7) is 1.36. The van der Waals surface area contributed by atoms with Gasteiger partial charge in [-0.3, -0.25) is 4.79 Å². The number of rotatable bonds is 5. The summed E-state index contributed by atoms with van der Waals surface area (Å²) < 4.78 is 38.5. The van der Waals surface area contributed by atoms with Crippen LogP contribution in [0.3, 0.4) is 0 Å². The van der Waals surface area contributed by atoms with Crippen molar-refractivity contribution in [2.75, 3.05) is 18.9 Å². The van der Waals surface area contributed by atoms with Crippen molar-refractivity contribution in [3.05, 3.63) is 58.9 Å². The molecule has 0 fully saturated rings. The van der Waals surface area contributed by atoms with Crippen LogP contribution in [0.15, 0.2) is 47.4 Å². The molecule has 2 rings (SSSR count). The molecule has 0 saturated heterocycles. The molecule has 0 saturated carbocycles. The third-order valence-corrected chi connectivity index (χ3v) is 5.66. The molecule has 128 valence electrons. The number of anilines is 1. The number of hydrogen-bond acceptors (Lipinski definition) is 3. The lowest BCUT2D eigenvalue weighted by Crippen LogP contribution is -2.35. The van der Waals surface area contributed by atoms with Gasteiger partial charge in [0.25, 0.3) is 0 Å². The standard InChI is InChI=1S/C16H16ClFN2O3S/c1-11-14(17)4-3-5-15(11)19-16(21)10-20(2)24(22,23)13-8-6-12(18)7-9-13/h3-9H,10H2,1-2H3,(H,19,21). The molecular weight excluding hydrogens is 355 g/mol. The SMILES string of the molecule is Cc1c(Cl)cccc1NC(=O)CN(C)S(=O)(=O)c1ccc(F)cc1. The largest absolute Gasteiger partial charge is 0.325 e. The number of benzene rings is 2. The van der Waals surface area contributed by atoms with E-state index in [9.17, 15) is 17.6 Å². The van der Waals surface area contributed by atoms with Crippen molar-refractivity contribution in [1.29, 1.82) is 0 Å². The Bertz CT molecular complexity index is 854. The van der Waals surface area contributed by atoms with Gasteiger partial charge in [0.1, 0.15) is 5.82 Å². The number of carbonyl (C=O) groups excluding carboxylic acids is 1. The number of amides is 1. The quantitative estimate of drug-likeness (QED) is 0.879. The van der Waals surface area contributed by atoms with Crippen molar-refractivity contribution in [3.8, 4) is 0 Å². The van der Waals surface area contributed by atoms with Gasteiger partial charge >= 0.3 is 0 Å². The second kappa shape index (κ2) is 7.29. The van der Waals surface area contributed by atoms with E-state index in [1.165, 1.54) is 7.05 Å². The minimum atomic E-state index is -3.88. The Hall–Kier alpha value is -1.96. The predicted molar refractivity (Wildman–Crippen MR) is 91.0 cm³/mol. The maximum atomic E-state index is 12.9. The molecular formula is C16H16ClFN2O3S. The van der Waals surface area contributed by atoms with Gasteiger partial charge in [-0.1, -0.05) is 17.7 Å². The van der Waals surface area contributed by atoms with Crippen LogP contribution in [0.4, 0.5) is 10.1 Å². The number of carbonyl (C=O) groups is 1. The van der Waals surface area contributed by atoms with Gasteiger partial charge in [-0.25, -0.2) is 12.8 Å². The molecule has 0 aliphatic heterocycles. The van der Waals surface area contributed by atoms with E-state index in [0.29, 0.717) is 16.3 Å². The van der Waals surface area contributed by atoms with Crippen LogP contribution in [0.5, 0.6) is 0 Å². The van der Waals surface area contributed by atoms with Crippen molar-refractivity contribution in [1.82, 2.24) is 4.31 Å². The Kier molecular flexibility index (Phi) is 5.58. The van der Waals surface area contributed by atoms with E-state index < -0.39 is 21.7 Å². The van der Waals surface area contributed by atoms with Crippen LogP contribution in [-0.4, -0.2) is 32.2 Å². The minimum absolute atomic E-state index is 0.0851. The summed E-state index contributed by atoms with van der Waals surface area (Å²) in [7, 11) is -2.60. The molecule has 0 aliphatic rings. The first-order chi connectivity index (χ1) is 11.2. The summed E-state index contributed by atoms with van der Waals surface area (Å²) in [6, 6.07) is 9.46.